The number of rotatable bonds is 3. The van der Waals surface area contributed by atoms with Crippen LogP contribution in [0.2, 0.25) is 0 Å². The smallest absolute Gasteiger partial charge is 0.325 e. The van der Waals surface area contributed by atoms with E-state index < -0.39 is 11.6 Å². The summed E-state index contributed by atoms with van der Waals surface area (Å²) < 4.78 is 1.69. The van der Waals surface area contributed by atoms with Crippen molar-refractivity contribution in [2.24, 2.45) is 7.05 Å². The number of urea groups is 1. The van der Waals surface area contributed by atoms with Crippen molar-refractivity contribution in [1.82, 2.24) is 14.8 Å². The molecular weight excluding hydrogens is 326 g/mol. The normalized spacial score (nSPS) is 22.8. The molecule has 1 unspecified atom stereocenters. The summed E-state index contributed by atoms with van der Waals surface area (Å²) in [6.45, 7) is -0.232. The molecule has 124 valence electrons. The average Bonchev–Trinajstić information content (AvgIpc) is 3.24. The van der Waals surface area contributed by atoms with E-state index in [1.165, 1.54) is 0 Å². The highest BCUT2D eigenvalue weighted by molar-refractivity contribution is 7.10. The van der Waals surface area contributed by atoms with Gasteiger partial charge in [0.2, 0.25) is 0 Å². The molecule has 1 aliphatic carbocycles. The molecule has 0 bridgehead atoms. The number of nitrogens with one attached hydrogen (secondary N) is 1. The zero-order chi connectivity index (χ0) is 16.9. The predicted molar refractivity (Wildman–Crippen MR) is 88.9 cm³/mol. The van der Waals surface area contributed by atoms with Crippen LogP contribution in [-0.4, -0.2) is 33.7 Å². The minimum Gasteiger partial charge on any atom is -0.348 e. The third-order valence-corrected chi connectivity index (χ3v) is 5.85. The zero-order valence-corrected chi connectivity index (χ0v) is 14.1. The number of carbonyl (C=O) groups excluding carboxylic acids is 3. The SMILES string of the molecule is Cn1cccc1C(=O)CN1C(=O)NC2(CCCc3sccc32)C1=O. The molecule has 7 heteroatoms. The van der Waals surface area contributed by atoms with Gasteiger partial charge in [0.15, 0.2) is 5.78 Å². The van der Waals surface area contributed by atoms with Crippen LogP contribution in [0, 0.1) is 0 Å². The Balaban J connectivity index is 1.64. The van der Waals surface area contributed by atoms with Crippen LogP contribution >= 0.6 is 11.3 Å². The number of Topliss-reactive ketones (excluding diaryl/α,β-unsaturated/α-hetero) is 1. The topological polar surface area (TPSA) is 71.4 Å². The van der Waals surface area contributed by atoms with Gasteiger partial charge in [-0.1, -0.05) is 0 Å². The monoisotopic (exact) mass is 343 g/mol. The average molecular weight is 343 g/mol. The molecule has 4 rings (SSSR count). The van der Waals surface area contributed by atoms with Crippen molar-refractivity contribution in [1.29, 1.82) is 0 Å². The molecule has 1 aliphatic heterocycles. The van der Waals surface area contributed by atoms with Crippen molar-refractivity contribution in [3.63, 3.8) is 0 Å². The number of carbonyl (C=O) groups is 3. The van der Waals surface area contributed by atoms with Crippen LogP contribution < -0.4 is 5.32 Å². The van der Waals surface area contributed by atoms with Gasteiger partial charge in [-0.2, -0.15) is 0 Å². The fraction of sp³-hybridized carbons (Fsp3) is 0.353. The molecular formula is C17H17N3O3S. The Morgan fingerprint density at radius 2 is 2.21 bits per heavy atom. The molecule has 1 spiro atoms. The quantitative estimate of drug-likeness (QED) is 0.685. The van der Waals surface area contributed by atoms with Crippen LogP contribution in [0.1, 0.15) is 33.8 Å². The van der Waals surface area contributed by atoms with E-state index in [2.05, 4.69) is 5.32 Å². The maximum atomic E-state index is 13.0. The van der Waals surface area contributed by atoms with Gasteiger partial charge in [-0.15, -0.1) is 11.3 Å². The van der Waals surface area contributed by atoms with Crippen LogP contribution in [0.4, 0.5) is 4.79 Å². The minimum absolute atomic E-state index is 0.232. The molecule has 1 fully saturated rings. The Kier molecular flexibility index (Phi) is 3.35. The summed E-state index contributed by atoms with van der Waals surface area (Å²) in [6.07, 6.45) is 4.12. The lowest BCUT2D eigenvalue weighted by molar-refractivity contribution is -0.131. The van der Waals surface area contributed by atoms with E-state index in [1.54, 1.807) is 41.3 Å². The Labute approximate surface area is 143 Å². The lowest BCUT2D eigenvalue weighted by Gasteiger charge is -2.31. The van der Waals surface area contributed by atoms with Gasteiger partial charge in [-0.05, 0) is 42.8 Å². The maximum Gasteiger partial charge on any atom is 0.325 e. The highest BCUT2D eigenvalue weighted by Gasteiger charge is 2.54. The number of thiophene rings is 1. The molecule has 2 aromatic rings. The molecule has 3 amide bonds. The molecule has 0 saturated carbocycles. The first kappa shape index (κ1) is 15.1. The summed E-state index contributed by atoms with van der Waals surface area (Å²) in [5.41, 5.74) is 0.390. The molecule has 0 radical (unpaired) electrons. The first-order chi connectivity index (χ1) is 11.5. The van der Waals surface area contributed by atoms with Crippen molar-refractivity contribution < 1.29 is 14.4 Å². The Hall–Kier alpha value is -2.41. The van der Waals surface area contributed by atoms with Gasteiger partial charge in [-0.3, -0.25) is 14.5 Å². The van der Waals surface area contributed by atoms with E-state index in [1.807, 2.05) is 11.4 Å². The minimum atomic E-state index is -0.987. The van der Waals surface area contributed by atoms with Crippen molar-refractivity contribution in [2.45, 2.75) is 24.8 Å². The largest absolute Gasteiger partial charge is 0.348 e. The lowest BCUT2D eigenvalue weighted by Crippen LogP contribution is -2.46. The van der Waals surface area contributed by atoms with Crippen molar-refractivity contribution in [2.75, 3.05) is 6.54 Å². The van der Waals surface area contributed by atoms with Gasteiger partial charge >= 0.3 is 6.03 Å². The summed E-state index contributed by atoms with van der Waals surface area (Å²) >= 11 is 1.61. The maximum absolute atomic E-state index is 13.0. The predicted octanol–water partition coefficient (Wildman–Crippen LogP) is 2.05. The van der Waals surface area contributed by atoms with Gasteiger partial charge < -0.3 is 9.88 Å². The first-order valence-corrected chi connectivity index (χ1v) is 8.76. The summed E-state index contributed by atoms with van der Waals surface area (Å²) in [7, 11) is 1.76. The van der Waals surface area contributed by atoms with Crippen molar-refractivity contribution in [3.05, 3.63) is 45.9 Å². The summed E-state index contributed by atoms with van der Waals surface area (Å²) in [5.74, 6) is -0.557. The first-order valence-electron chi connectivity index (χ1n) is 7.88. The van der Waals surface area contributed by atoms with Gasteiger partial charge in [0.1, 0.15) is 5.54 Å². The second-order valence-electron chi connectivity index (χ2n) is 6.27. The number of aromatic nitrogens is 1. The third kappa shape index (κ3) is 2.04. The van der Waals surface area contributed by atoms with E-state index in [9.17, 15) is 14.4 Å². The second-order valence-corrected chi connectivity index (χ2v) is 7.27. The molecule has 1 atom stereocenters. The van der Waals surface area contributed by atoms with E-state index in [0.29, 0.717) is 12.1 Å². The van der Waals surface area contributed by atoms with Gasteiger partial charge in [-0.25, -0.2) is 4.79 Å². The molecule has 3 heterocycles. The van der Waals surface area contributed by atoms with Crippen LogP contribution in [0.5, 0.6) is 0 Å². The van der Waals surface area contributed by atoms with E-state index in [4.69, 9.17) is 0 Å². The summed E-state index contributed by atoms with van der Waals surface area (Å²) in [4.78, 5) is 40.1. The number of ketones is 1. The standard InChI is InChI=1S/C17H17N3O3S/c1-19-8-3-4-12(19)13(21)10-20-15(22)17(18-16(20)23)7-2-5-14-11(17)6-9-24-14/h3-4,6,8-9H,2,5,7,10H2,1H3,(H,18,23). The Morgan fingerprint density at radius 3 is 2.96 bits per heavy atom. The highest BCUT2D eigenvalue weighted by atomic mass is 32.1. The number of aryl methyl sites for hydroxylation is 2. The number of nitrogens with zero attached hydrogens (tertiary/aromatic N) is 2. The zero-order valence-electron chi connectivity index (χ0n) is 13.2. The Morgan fingerprint density at radius 1 is 1.38 bits per heavy atom. The fourth-order valence-corrected chi connectivity index (χ4v) is 4.66. The molecule has 24 heavy (non-hydrogen) atoms. The molecule has 1 saturated heterocycles. The van der Waals surface area contributed by atoms with E-state index in [-0.39, 0.29) is 18.2 Å². The number of imide groups is 1. The lowest BCUT2D eigenvalue weighted by atomic mass is 9.80. The van der Waals surface area contributed by atoms with Crippen molar-refractivity contribution in [3.8, 4) is 0 Å². The van der Waals surface area contributed by atoms with Crippen LogP contribution in [0.15, 0.2) is 29.8 Å². The Bertz CT molecular complexity index is 853. The van der Waals surface area contributed by atoms with Crippen LogP contribution in [0.25, 0.3) is 0 Å². The number of hydrogen-bond donors (Lipinski definition) is 1. The molecule has 2 aromatic heterocycles. The number of hydrogen-bond acceptors (Lipinski definition) is 4. The van der Waals surface area contributed by atoms with Gasteiger partial charge in [0, 0.05) is 23.7 Å². The van der Waals surface area contributed by atoms with Crippen molar-refractivity contribution >= 4 is 29.1 Å². The number of fused-ring (bicyclic) bond motifs is 2. The van der Waals surface area contributed by atoms with E-state index in [0.717, 1.165) is 28.2 Å². The molecule has 1 N–H and O–H groups in total. The fourth-order valence-electron chi connectivity index (χ4n) is 3.66. The summed E-state index contributed by atoms with van der Waals surface area (Å²) in [6, 6.07) is 4.88. The second kappa shape index (κ2) is 5.31. The highest BCUT2D eigenvalue weighted by Crippen LogP contribution is 2.42. The van der Waals surface area contributed by atoms with E-state index >= 15 is 0 Å². The molecule has 2 aliphatic rings. The van der Waals surface area contributed by atoms with Crippen LogP contribution in [-0.2, 0) is 23.8 Å². The van der Waals surface area contributed by atoms with Crippen LogP contribution in [0.3, 0.4) is 0 Å². The van der Waals surface area contributed by atoms with Gasteiger partial charge in [0.05, 0.1) is 12.2 Å². The van der Waals surface area contributed by atoms with Gasteiger partial charge in [0.25, 0.3) is 5.91 Å². The number of amides is 3. The molecule has 0 aromatic carbocycles. The molecule has 6 nitrogen and oxygen atoms in total. The third-order valence-electron chi connectivity index (χ3n) is 4.87. The summed E-state index contributed by atoms with van der Waals surface area (Å²) in [5, 5.41) is 4.82.